The molecule has 3 fully saturated rings. The van der Waals surface area contributed by atoms with Crippen LogP contribution in [0.1, 0.15) is 44.9 Å². The van der Waals surface area contributed by atoms with Gasteiger partial charge in [-0.1, -0.05) is 0 Å². The average molecular weight is 302 g/mol. The highest BCUT2D eigenvalue weighted by molar-refractivity contribution is 5.85. The molecule has 3 aliphatic heterocycles. The number of carbonyl (C=O) groups is 1. The van der Waals surface area contributed by atoms with Gasteiger partial charge >= 0.3 is 6.03 Å². The molecule has 0 aromatic carbocycles. The Hall–Kier alpha value is -0.480. The van der Waals surface area contributed by atoms with E-state index >= 15 is 0 Å². The lowest BCUT2D eigenvalue weighted by atomic mass is 9.72. The normalized spacial score (nSPS) is 26.2. The highest BCUT2D eigenvalue weighted by Crippen LogP contribution is 2.39. The van der Waals surface area contributed by atoms with Gasteiger partial charge in [-0.15, -0.1) is 12.4 Å². The van der Waals surface area contributed by atoms with Crippen molar-refractivity contribution in [2.24, 2.45) is 5.41 Å². The number of nitrogens with one attached hydrogen (secondary N) is 1. The van der Waals surface area contributed by atoms with Gasteiger partial charge < -0.3 is 15.1 Å². The SMILES string of the molecule is Cl.O=C(N1CCCCC1)N1CCC2(CCNCC2)CC1. The van der Waals surface area contributed by atoms with Gasteiger partial charge in [-0.05, 0) is 63.5 Å². The van der Waals surface area contributed by atoms with Crippen LogP contribution in [0.3, 0.4) is 0 Å². The fourth-order valence-corrected chi connectivity index (χ4v) is 3.91. The Bertz CT molecular complexity index is 315. The Labute approximate surface area is 128 Å². The second kappa shape index (κ2) is 6.99. The first-order valence-electron chi connectivity index (χ1n) is 8.04. The van der Waals surface area contributed by atoms with Gasteiger partial charge in [0, 0.05) is 26.2 Å². The van der Waals surface area contributed by atoms with Crippen molar-refractivity contribution in [2.45, 2.75) is 44.9 Å². The van der Waals surface area contributed by atoms with E-state index in [1.165, 1.54) is 58.0 Å². The van der Waals surface area contributed by atoms with Crippen molar-refractivity contribution in [1.29, 1.82) is 0 Å². The molecule has 3 aliphatic rings. The molecule has 0 radical (unpaired) electrons. The fraction of sp³-hybridized carbons (Fsp3) is 0.933. The summed E-state index contributed by atoms with van der Waals surface area (Å²) in [4.78, 5) is 16.6. The molecule has 0 saturated carbocycles. The third-order valence-electron chi connectivity index (χ3n) is 5.39. The van der Waals surface area contributed by atoms with Crippen LogP contribution in [0, 0.1) is 5.41 Å². The third kappa shape index (κ3) is 3.40. The van der Waals surface area contributed by atoms with Gasteiger partial charge in [0.15, 0.2) is 0 Å². The first-order valence-corrected chi connectivity index (χ1v) is 8.04. The summed E-state index contributed by atoms with van der Waals surface area (Å²) in [5.74, 6) is 0. The topological polar surface area (TPSA) is 35.6 Å². The summed E-state index contributed by atoms with van der Waals surface area (Å²) in [6.07, 6.45) is 8.71. The number of piperidine rings is 3. The summed E-state index contributed by atoms with van der Waals surface area (Å²) in [5.41, 5.74) is 0.546. The number of likely N-dealkylation sites (tertiary alicyclic amines) is 2. The van der Waals surface area contributed by atoms with Crippen LogP contribution in [-0.4, -0.2) is 55.1 Å². The number of urea groups is 1. The largest absolute Gasteiger partial charge is 0.325 e. The highest BCUT2D eigenvalue weighted by atomic mass is 35.5. The lowest BCUT2D eigenvalue weighted by Gasteiger charge is -2.45. The molecule has 3 rings (SSSR count). The number of halogens is 1. The Morgan fingerprint density at radius 3 is 1.95 bits per heavy atom. The third-order valence-corrected chi connectivity index (χ3v) is 5.39. The van der Waals surface area contributed by atoms with Gasteiger partial charge in [0.1, 0.15) is 0 Å². The number of nitrogens with zero attached hydrogens (tertiary/aromatic N) is 2. The standard InChI is InChI=1S/C15H27N3O.ClH/c19-14(17-10-2-1-3-11-17)18-12-6-15(7-13-18)4-8-16-9-5-15;/h16H,1-13H2;1H. The van der Waals surface area contributed by atoms with Crippen LogP contribution in [0.5, 0.6) is 0 Å². The second-order valence-corrected chi connectivity index (χ2v) is 6.57. The zero-order chi connectivity index (χ0) is 13.1. The first-order chi connectivity index (χ1) is 9.29. The second-order valence-electron chi connectivity index (χ2n) is 6.57. The van der Waals surface area contributed by atoms with E-state index in [9.17, 15) is 4.79 Å². The van der Waals surface area contributed by atoms with Gasteiger partial charge in [0.05, 0.1) is 0 Å². The molecule has 0 aromatic rings. The van der Waals surface area contributed by atoms with Crippen molar-refractivity contribution in [3.63, 3.8) is 0 Å². The van der Waals surface area contributed by atoms with E-state index in [1.54, 1.807) is 0 Å². The van der Waals surface area contributed by atoms with Gasteiger partial charge in [0.2, 0.25) is 0 Å². The molecule has 20 heavy (non-hydrogen) atoms. The summed E-state index contributed by atoms with van der Waals surface area (Å²) in [5, 5.41) is 3.45. The predicted molar refractivity (Wildman–Crippen MR) is 83.4 cm³/mol. The van der Waals surface area contributed by atoms with Gasteiger partial charge in [-0.2, -0.15) is 0 Å². The van der Waals surface area contributed by atoms with Crippen molar-refractivity contribution in [3.8, 4) is 0 Å². The molecule has 0 unspecified atom stereocenters. The highest BCUT2D eigenvalue weighted by Gasteiger charge is 2.37. The maximum absolute atomic E-state index is 12.5. The Morgan fingerprint density at radius 2 is 1.35 bits per heavy atom. The molecule has 116 valence electrons. The molecule has 0 aliphatic carbocycles. The van der Waals surface area contributed by atoms with Crippen LogP contribution >= 0.6 is 12.4 Å². The average Bonchev–Trinajstić information content (AvgIpc) is 2.49. The lowest BCUT2D eigenvalue weighted by molar-refractivity contribution is 0.0716. The quantitative estimate of drug-likeness (QED) is 0.746. The summed E-state index contributed by atoms with van der Waals surface area (Å²) < 4.78 is 0. The van der Waals surface area contributed by atoms with E-state index in [0.29, 0.717) is 11.4 Å². The number of hydrogen-bond acceptors (Lipinski definition) is 2. The zero-order valence-electron chi connectivity index (χ0n) is 12.4. The molecular formula is C15H28ClN3O. The van der Waals surface area contributed by atoms with E-state index in [0.717, 1.165) is 26.2 Å². The fourth-order valence-electron chi connectivity index (χ4n) is 3.91. The van der Waals surface area contributed by atoms with Crippen LogP contribution in [0.25, 0.3) is 0 Å². The minimum atomic E-state index is 0. The molecule has 0 bridgehead atoms. The van der Waals surface area contributed by atoms with Crippen LogP contribution in [0.15, 0.2) is 0 Å². The number of rotatable bonds is 0. The zero-order valence-corrected chi connectivity index (χ0v) is 13.2. The summed E-state index contributed by atoms with van der Waals surface area (Å²) in [7, 11) is 0. The Kier molecular flexibility index (Phi) is 5.56. The van der Waals surface area contributed by atoms with Gasteiger partial charge in [0.25, 0.3) is 0 Å². The summed E-state index contributed by atoms with van der Waals surface area (Å²) in [6.45, 7) is 6.25. The van der Waals surface area contributed by atoms with Crippen LogP contribution in [0.4, 0.5) is 4.79 Å². The van der Waals surface area contributed by atoms with E-state index in [1.807, 2.05) is 0 Å². The monoisotopic (exact) mass is 301 g/mol. The molecule has 0 aromatic heterocycles. The molecule has 3 heterocycles. The van der Waals surface area contributed by atoms with Crippen molar-refractivity contribution in [2.75, 3.05) is 39.3 Å². The molecule has 5 heteroatoms. The maximum Gasteiger partial charge on any atom is 0.319 e. The predicted octanol–water partition coefficient (Wildman–Crippen LogP) is 2.48. The molecule has 1 spiro atoms. The Balaban J connectivity index is 0.00000147. The Morgan fingerprint density at radius 1 is 0.800 bits per heavy atom. The van der Waals surface area contributed by atoms with E-state index < -0.39 is 0 Å². The molecule has 3 saturated heterocycles. The molecule has 0 atom stereocenters. The lowest BCUT2D eigenvalue weighted by Crippen LogP contribution is -2.51. The van der Waals surface area contributed by atoms with Crippen molar-refractivity contribution in [3.05, 3.63) is 0 Å². The summed E-state index contributed by atoms with van der Waals surface area (Å²) >= 11 is 0. The number of amides is 2. The minimum absolute atomic E-state index is 0. The van der Waals surface area contributed by atoms with Crippen LogP contribution in [-0.2, 0) is 0 Å². The number of hydrogen-bond donors (Lipinski definition) is 1. The minimum Gasteiger partial charge on any atom is -0.325 e. The molecule has 2 amide bonds. The van der Waals surface area contributed by atoms with E-state index in [-0.39, 0.29) is 12.4 Å². The molecular weight excluding hydrogens is 274 g/mol. The van der Waals surface area contributed by atoms with Crippen LogP contribution < -0.4 is 5.32 Å². The maximum atomic E-state index is 12.5. The molecule has 1 N–H and O–H groups in total. The van der Waals surface area contributed by atoms with Gasteiger partial charge in [-0.25, -0.2) is 4.79 Å². The number of carbonyl (C=O) groups excluding carboxylic acids is 1. The van der Waals surface area contributed by atoms with Crippen molar-refractivity contribution < 1.29 is 4.79 Å². The smallest absolute Gasteiger partial charge is 0.319 e. The molecule has 4 nitrogen and oxygen atoms in total. The van der Waals surface area contributed by atoms with Crippen LogP contribution in [0.2, 0.25) is 0 Å². The van der Waals surface area contributed by atoms with E-state index in [2.05, 4.69) is 15.1 Å². The summed E-state index contributed by atoms with van der Waals surface area (Å²) in [6, 6.07) is 0.309. The van der Waals surface area contributed by atoms with Crippen molar-refractivity contribution >= 4 is 18.4 Å². The first kappa shape index (κ1) is 15.9. The van der Waals surface area contributed by atoms with E-state index in [4.69, 9.17) is 0 Å². The van der Waals surface area contributed by atoms with Crippen molar-refractivity contribution in [1.82, 2.24) is 15.1 Å². The van der Waals surface area contributed by atoms with Gasteiger partial charge in [-0.3, -0.25) is 0 Å².